The SMILES string of the molecule is CC12CCC(=N)C=C1CCC1C2CC[C@]2(C)C(=O)CCC12. The number of carbonyl (C=O) groups is 1. The minimum absolute atomic E-state index is 0.000118. The number of carbonyl (C=O) groups excluding carboxylic acids is 1. The van der Waals surface area contributed by atoms with Crippen LogP contribution in [0.3, 0.4) is 0 Å². The van der Waals surface area contributed by atoms with Gasteiger partial charge in [0.2, 0.25) is 0 Å². The van der Waals surface area contributed by atoms with Crippen LogP contribution < -0.4 is 0 Å². The van der Waals surface area contributed by atoms with Crippen LogP contribution in [0.4, 0.5) is 0 Å². The lowest BCUT2D eigenvalue weighted by Crippen LogP contribution is -2.50. The first-order valence-electron chi connectivity index (χ1n) is 8.77. The summed E-state index contributed by atoms with van der Waals surface area (Å²) in [5, 5.41) is 7.98. The maximum absolute atomic E-state index is 12.4. The van der Waals surface area contributed by atoms with Crippen molar-refractivity contribution in [1.29, 1.82) is 5.41 Å². The van der Waals surface area contributed by atoms with Crippen LogP contribution >= 0.6 is 0 Å². The van der Waals surface area contributed by atoms with Gasteiger partial charge in [-0.25, -0.2) is 0 Å². The van der Waals surface area contributed by atoms with Crippen LogP contribution in [0, 0.1) is 34.0 Å². The highest BCUT2D eigenvalue weighted by Crippen LogP contribution is 2.64. The Morgan fingerprint density at radius 2 is 1.76 bits per heavy atom. The van der Waals surface area contributed by atoms with E-state index in [0.717, 1.165) is 49.7 Å². The number of hydrogen-bond donors (Lipinski definition) is 1. The van der Waals surface area contributed by atoms with Crippen molar-refractivity contribution in [3.63, 3.8) is 0 Å². The average Bonchev–Trinajstić information content (AvgIpc) is 2.76. The van der Waals surface area contributed by atoms with Crippen molar-refractivity contribution in [2.45, 2.75) is 65.2 Å². The highest BCUT2D eigenvalue weighted by Gasteiger charge is 2.58. The predicted molar refractivity (Wildman–Crippen MR) is 84.4 cm³/mol. The molecule has 0 spiro atoms. The Kier molecular flexibility index (Phi) is 2.81. The van der Waals surface area contributed by atoms with E-state index in [0.29, 0.717) is 17.1 Å². The molecule has 4 aliphatic rings. The van der Waals surface area contributed by atoms with Crippen LogP contribution in [0.5, 0.6) is 0 Å². The molecule has 0 radical (unpaired) electrons. The number of rotatable bonds is 0. The van der Waals surface area contributed by atoms with Gasteiger partial charge in [-0.05, 0) is 74.2 Å². The zero-order chi connectivity index (χ0) is 14.8. The highest BCUT2D eigenvalue weighted by molar-refractivity contribution is 5.94. The molecule has 3 saturated carbocycles. The molecule has 5 atom stereocenters. The summed E-state index contributed by atoms with van der Waals surface area (Å²) in [6.07, 6.45) is 11.0. The largest absolute Gasteiger partial charge is 0.305 e. The molecule has 1 N–H and O–H groups in total. The monoisotopic (exact) mass is 285 g/mol. The van der Waals surface area contributed by atoms with Crippen molar-refractivity contribution in [2.75, 3.05) is 0 Å². The smallest absolute Gasteiger partial charge is 0.139 e. The summed E-state index contributed by atoms with van der Waals surface area (Å²) in [6.45, 7) is 4.72. The third-order valence-corrected chi connectivity index (χ3v) is 7.71. The quantitative estimate of drug-likeness (QED) is 0.697. The Morgan fingerprint density at radius 3 is 2.57 bits per heavy atom. The fourth-order valence-corrected chi connectivity index (χ4v) is 6.36. The summed E-state index contributed by atoms with van der Waals surface area (Å²) < 4.78 is 0. The van der Waals surface area contributed by atoms with Crippen LogP contribution in [0.25, 0.3) is 0 Å². The molecule has 3 fully saturated rings. The van der Waals surface area contributed by atoms with Crippen molar-refractivity contribution in [3.8, 4) is 0 Å². The van der Waals surface area contributed by atoms with Crippen LogP contribution in [0.15, 0.2) is 11.6 Å². The Balaban J connectivity index is 1.70. The molecule has 0 heterocycles. The van der Waals surface area contributed by atoms with Crippen molar-refractivity contribution in [3.05, 3.63) is 11.6 Å². The average molecular weight is 285 g/mol. The molecular weight excluding hydrogens is 258 g/mol. The standard InChI is InChI=1S/C19H27NO/c1-18-9-7-13(20)11-12(18)3-4-14-15-5-6-17(21)19(15,2)10-8-16(14)18/h11,14-16,20H,3-10H2,1-2H3/t14?,15?,16?,18?,19-/m0/s1. The number of fused-ring (bicyclic) bond motifs is 5. The van der Waals surface area contributed by atoms with E-state index in [4.69, 9.17) is 5.41 Å². The van der Waals surface area contributed by atoms with Gasteiger partial charge in [0.05, 0.1) is 0 Å². The fourth-order valence-electron chi connectivity index (χ4n) is 6.36. The lowest BCUT2D eigenvalue weighted by molar-refractivity contribution is -0.132. The zero-order valence-electron chi connectivity index (χ0n) is 13.4. The Labute approximate surface area is 127 Å². The second-order valence-electron chi connectivity index (χ2n) is 8.45. The van der Waals surface area contributed by atoms with Gasteiger partial charge in [0.1, 0.15) is 5.78 Å². The summed E-state index contributed by atoms with van der Waals surface area (Å²) in [4.78, 5) is 12.4. The van der Waals surface area contributed by atoms with Gasteiger partial charge in [0.25, 0.3) is 0 Å². The maximum atomic E-state index is 12.4. The number of ketones is 1. The molecule has 4 unspecified atom stereocenters. The van der Waals surface area contributed by atoms with Crippen molar-refractivity contribution >= 4 is 11.5 Å². The second-order valence-corrected chi connectivity index (χ2v) is 8.45. The van der Waals surface area contributed by atoms with Crippen molar-refractivity contribution in [1.82, 2.24) is 0 Å². The topological polar surface area (TPSA) is 40.9 Å². The molecule has 0 aromatic carbocycles. The minimum atomic E-state index is 0.000118. The molecule has 0 aromatic heterocycles. The highest BCUT2D eigenvalue weighted by atomic mass is 16.1. The molecule has 4 aliphatic carbocycles. The predicted octanol–water partition coefficient (Wildman–Crippen LogP) is 4.54. The summed E-state index contributed by atoms with van der Waals surface area (Å²) >= 11 is 0. The van der Waals surface area contributed by atoms with Crippen molar-refractivity contribution < 1.29 is 4.79 Å². The van der Waals surface area contributed by atoms with Crippen molar-refractivity contribution in [2.24, 2.45) is 28.6 Å². The molecule has 0 bridgehead atoms. The summed E-state index contributed by atoms with van der Waals surface area (Å²) in [7, 11) is 0. The Bertz CT molecular complexity index is 548. The summed E-state index contributed by atoms with van der Waals surface area (Å²) in [5.74, 6) is 2.70. The number of Topliss-reactive ketones (excluding diaryl/α,β-unsaturated/α-hetero) is 1. The number of allylic oxidation sites excluding steroid dienone is 2. The van der Waals surface area contributed by atoms with Crippen LogP contribution in [-0.4, -0.2) is 11.5 Å². The molecule has 21 heavy (non-hydrogen) atoms. The molecule has 4 rings (SSSR count). The van der Waals surface area contributed by atoms with E-state index >= 15 is 0 Å². The van der Waals surface area contributed by atoms with Crippen LogP contribution in [0.1, 0.15) is 65.2 Å². The first kappa shape index (κ1) is 13.7. The van der Waals surface area contributed by atoms with E-state index in [1.165, 1.54) is 19.3 Å². The van der Waals surface area contributed by atoms with Gasteiger partial charge in [0, 0.05) is 17.5 Å². The van der Waals surface area contributed by atoms with E-state index in [9.17, 15) is 4.79 Å². The number of hydrogen-bond acceptors (Lipinski definition) is 2. The Hall–Kier alpha value is -0.920. The third kappa shape index (κ3) is 1.71. The zero-order valence-corrected chi connectivity index (χ0v) is 13.4. The van der Waals surface area contributed by atoms with Gasteiger partial charge < -0.3 is 5.41 Å². The van der Waals surface area contributed by atoms with E-state index < -0.39 is 0 Å². The first-order chi connectivity index (χ1) is 9.95. The van der Waals surface area contributed by atoms with E-state index in [1.54, 1.807) is 5.57 Å². The van der Waals surface area contributed by atoms with Gasteiger partial charge in [-0.15, -0.1) is 0 Å². The molecule has 2 heteroatoms. The molecule has 0 saturated heterocycles. The van der Waals surface area contributed by atoms with Gasteiger partial charge in [-0.3, -0.25) is 4.79 Å². The van der Waals surface area contributed by atoms with Gasteiger partial charge in [-0.2, -0.15) is 0 Å². The summed E-state index contributed by atoms with van der Waals surface area (Å²) in [6, 6.07) is 0. The minimum Gasteiger partial charge on any atom is -0.305 e. The molecule has 0 amide bonds. The normalized spacial score (nSPS) is 49.2. The molecule has 2 nitrogen and oxygen atoms in total. The maximum Gasteiger partial charge on any atom is 0.139 e. The number of nitrogens with one attached hydrogen (secondary N) is 1. The second kappa shape index (κ2) is 4.30. The molecule has 114 valence electrons. The molecular formula is C19H27NO. The lowest BCUT2D eigenvalue weighted by atomic mass is 9.47. The van der Waals surface area contributed by atoms with Crippen LogP contribution in [-0.2, 0) is 4.79 Å². The van der Waals surface area contributed by atoms with Gasteiger partial charge in [0.15, 0.2) is 0 Å². The van der Waals surface area contributed by atoms with E-state index in [1.807, 2.05) is 0 Å². The van der Waals surface area contributed by atoms with E-state index in [-0.39, 0.29) is 5.41 Å². The fraction of sp³-hybridized carbons (Fsp3) is 0.789. The summed E-state index contributed by atoms with van der Waals surface area (Å²) in [5.41, 5.74) is 2.70. The Morgan fingerprint density at radius 1 is 1.00 bits per heavy atom. The van der Waals surface area contributed by atoms with Gasteiger partial charge >= 0.3 is 0 Å². The first-order valence-corrected chi connectivity index (χ1v) is 8.77. The van der Waals surface area contributed by atoms with Gasteiger partial charge in [-0.1, -0.05) is 19.4 Å². The molecule has 0 aliphatic heterocycles. The lowest BCUT2D eigenvalue weighted by Gasteiger charge is -2.57. The third-order valence-electron chi connectivity index (χ3n) is 7.71. The van der Waals surface area contributed by atoms with E-state index in [2.05, 4.69) is 19.9 Å². The molecule has 0 aromatic rings. The van der Waals surface area contributed by atoms with Crippen LogP contribution in [0.2, 0.25) is 0 Å².